The highest BCUT2D eigenvalue weighted by atomic mass is 19.3. The highest BCUT2D eigenvalue weighted by molar-refractivity contribution is 5.78. The molecule has 1 saturated heterocycles. The number of amides is 1. The normalized spacial score (nSPS) is 20.1. The highest BCUT2D eigenvalue weighted by Gasteiger charge is 2.26. The number of hydrogen-bond acceptors (Lipinski definition) is 8. The lowest BCUT2D eigenvalue weighted by Crippen LogP contribution is -2.41. The second-order valence-corrected chi connectivity index (χ2v) is 11.4. The average molecular weight is 558 g/mol. The molecule has 0 unspecified atom stereocenters. The van der Waals surface area contributed by atoms with Gasteiger partial charge in [0.05, 0.1) is 24.2 Å². The van der Waals surface area contributed by atoms with Crippen molar-refractivity contribution in [1.29, 1.82) is 0 Å². The van der Waals surface area contributed by atoms with Crippen molar-refractivity contribution in [2.45, 2.75) is 64.5 Å². The van der Waals surface area contributed by atoms with Crippen LogP contribution in [0.2, 0.25) is 0 Å². The van der Waals surface area contributed by atoms with E-state index >= 15 is 0 Å². The van der Waals surface area contributed by atoms with E-state index < -0.39 is 12.0 Å². The van der Waals surface area contributed by atoms with Crippen LogP contribution in [-0.2, 0) is 9.47 Å². The molecule has 2 aromatic heterocycles. The first-order chi connectivity index (χ1) is 19.2. The molecule has 40 heavy (non-hydrogen) atoms. The number of carbonyl (C=O) groups excluding carboxylic acids is 1. The Kier molecular flexibility index (Phi) is 8.34. The van der Waals surface area contributed by atoms with Crippen LogP contribution in [0.5, 0.6) is 0 Å². The van der Waals surface area contributed by atoms with Crippen molar-refractivity contribution in [2.24, 2.45) is 5.92 Å². The van der Waals surface area contributed by atoms with Crippen LogP contribution in [0.4, 0.5) is 25.3 Å². The Morgan fingerprint density at radius 3 is 2.52 bits per heavy atom. The summed E-state index contributed by atoms with van der Waals surface area (Å²) in [7, 11) is 0. The molecule has 2 aliphatic rings. The van der Waals surface area contributed by atoms with Gasteiger partial charge in [-0.3, -0.25) is 4.57 Å². The molecule has 3 aromatic rings. The van der Waals surface area contributed by atoms with Gasteiger partial charge < -0.3 is 25.0 Å². The summed E-state index contributed by atoms with van der Waals surface area (Å²) >= 11 is 0. The largest absolute Gasteiger partial charge is 0.444 e. The van der Waals surface area contributed by atoms with E-state index in [-0.39, 0.29) is 18.0 Å². The molecule has 3 heterocycles. The summed E-state index contributed by atoms with van der Waals surface area (Å²) in [5.41, 5.74) is 0.516. The quantitative estimate of drug-likeness (QED) is 0.414. The summed E-state index contributed by atoms with van der Waals surface area (Å²) in [6.07, 6.45) is 0.437. The molecule has 1 amide bonds. The lowest BCUT2D eigenvalue weighted by molar-refractivity contribution is 0.0488. The number of imidazole rings is 1. The predicted molar refractivity (Wildman–Crippen MR) is 148 cm³/mol. The number of rotatable bonds is 7. The zero-order valence-corrected chi connectivity index (χ0v) is 23.2. The van der Waals surface area contributed by atoms with Crippen LogP contribution in [0.1, 0.15) is 58.7 Å². The maximum atomic E-state index is 14.1. The van der Waals surface area contributed by atoms with Gasteiger partial charge in [-0.25, -0.2) is 18.6 Å². The Morgan fingerprint density at radius 1 is 1.10 bits per heavy atom. The minimum absolute atomic E-state index is 0.0898. The van der Waals surface area contributed by atoms with Crippen molar-refractivity contribution in [3.8, 4) is 5.82 Å². The van der Waals surface area contributed by atoms with E-state index in [0.717, 1.165) is 25.7 Å². The van der Waals surface area contributed by atoms with Crippen molar-refractivity contribution in [3.63, 3.8) is 0 Å². The Balaban J connectivity index is 1.33. The van der Waals surface area contributed by atoms with Crippen molar-refractivity contribution in [2.75, 3.05) is 43.1 Å². The zero-order chi connectivity index (χ0) is 28.3. The van der Waals surface area contributed by atoms with Gasteiger partial charge in [-0.1, -0.05) is 12.1 Å². The number of morpholine rings is 1. The summed E-state index contributed by atoms with van der Waals surface area (Å²) in [6, 6.07) is 8.86. The molecule has 1 aliphatic carbocycles. The summed E-state index contributed by atoms with van der Waals surface area (Å²) in [5.74, 6) is 1.40. The van der Waals surface area contributed by atoms with Gasteiger partial charge in [0.1, 0.15) is 17.2 Å². The molecular formula is C28H37F2N7O3. The predicted octanol–water partition coefficient (Wildman–Crippen LogP) is 5.09. The summed E-state index contributed by atoms with van der Waals surface area (Å²) in [6.45, 7) is 8.55. The molecule has 216 valence electrons. The summed E-state index contributed by atoms with van der Waals surface area (Å²) < 4.78 is 40.5. The van der Waals surface area contributed by atoms with Crippen LogP contribution in [0.25, 0.3) is 16.9 Å². The molecule has 0 spiro atoms. The van der Waals surface area contributed by atoms with Crippen LogP contribution >= 0.6 is 0 Å². The number of aromatic nitrogens is 4. The lowest BCUT2D eigenvalue weighted by atomic mass is 9.86. The van der Waals surface area contributed by atoms with Crippen molar-refractivity contribution >= 4 is 28.9 Å². The van der Waals surface area contributed by atoms with E-state index in [1.165, 1.54) is 4.57 Å². The number of hydrogen-bond donors (Lipinski definition) is 2. The van der Waals surface area contributed by atoms with Crippen LogP contribution in [0, 0.1) is 5.92 Å². The van der Waals surface area contributed by atoms with Gasteiger partial charge in [0.15, 0.2) is 5.82 Å². The Labute approximate surface area is 232 Å². The van der Waals surface area contributed by atoms with Crippen LogP contribution in [0.15, 0.2) is 30.3 Å². The molecule has 1 saturated carbocycles. The van der Waals surface area contributed by atoms with Crippen LogP contribution in [0.3, 0.4) is 0 Å². The van der Waals surface area contributed by atoms with E-state index in [1.54, 1.807) is 30.3 Å². The van der Waals surface area contributed by atoms with Gasteiger partial charge in [-0.2, -0.15) is 9.97 Å². The summed E-state index contributed by atoms with van der Waals surface area (Å²) in [5, 5.41) is 6.42. The third-order valence-electron chi connectivity index (χ3n) is 7.15. The zero-order valence-electron chi connectivity index (χ0n) is 23.2. The molecule has 0 bridgehead atoms. The number of alkyl carbamates (subject to hydrolysis) is 1. The smallest absolute Gasteiger partial charge is 0.407 e. The fourth-order valence-corrected chi connectivity index (χ4v) is 5.20. The second kappa shape index (κ2) is 11.9. The van der Waals surface area contributed by atoms with E-state index in [9.17, 15) is 13.6 Å². The topological polar surface area (TPSA) is 106 Å². The van der Waals surface area contributed by atoms with E-state index in [0.29, 0.717) is 67.4 Å². The number of nitrogens with one attached hydrogen (secondary N) is 2. The number of carbonyl (C=O) groups is 1. The van der Waals surface area contributed by atoms with E-state index in [1.807, 2.05) is 25.7 Å². The van der Waals surface area contributed by atoms with E-state index in [4.69, 9.17) is 19.4 Å². The molecule has 10 nitrogen and oxygen atoms in total. The maximum Gasteiger partial charge on any atom is 0.407 e. The second-order valence-electron chi connectivity index (χ2n) is 11.4. The number of fused-ring (bicyclic) bond motifs is 1. The van der Waals surface area contributed by atoms with Gasteiger partial charge in [0, 0.05) is 31.7 Å². The first-order valence-electron chi connectivity index (χ1n) is 13.9. The minimum atomic E-state index is -2.77. The third kappa shape index (κ3) is 6.78. The van der Waals surface area contributed by atoms with Crippen molar-refractivity contribution in [3.05, 3.63) is 36.2 Å². The average Bonchev–Trinajstić information content (AvgIpc) is 3.32. The molecule has 12 heteroatoms. The van der Waals surface area contributed by atoms with Crippen molar-refractivity contribution in [1.82, 2.24) is 24.8 Å². The first-order valence-corrected chi connectivity index (χ1v) is 13.9. The molecule has 2 N–H and O–H groups in total. The fourth-order valence-electron chi connectivity index (χ4n) is 5.20. The summed E-state index contributed by atoms with van der Waals surface area (Å²) in [4.78, 5) is 27.8. The van der Waals surface area contributed by atoms with Crippen LogP contribution in [-0.4, -0.2) is 70.1 Å². The lowest BCUT2D eigenvalue weighted by Gasteiger charge is -2.30. The Hall–Kier alpha value is -3.54. The number of benzene rings is 1. The highest BCUT2D eigenvalue weighted by Crippen LogP contribution is 2.30. The molecule has 0 atom stereocenters. The number of halogens is 2. The molecule has 0 radical (unpaired) electrons. The van der Waals surface area contributed by atoms with Gasteiger partial charge in [-0.15, -0.1) is 0 Å². The van der Waals surface area contributed by atoms with Gasteiger partial charge >= 0.3 is 6.09 Å². The number of alkyl halides is 2. The van der Waals surface area contributed by atoms with Gasteiger partial charge in [0.2, 0.25) is 5.95 Å². The number of anilines is 2. The molecular weight excluding hydrogens is 520 g/mol. The SMILES string of the molecule is CC(C)(C)OC(=O)N[C@H]1CC[C@H](CNc2cc(-n3c(C(F)F)nc4ccccc43)nc(N3CCOCC3)n2)CC1. The van der Waals surface area contributed by atoms with Gasteiger partial charge in [-0.05, 0) is 64.5 Å². The number of nitrogens with zero attached hydrogens (tertiary/aromatic N) is 5. The maximum absolute atomic E-state index is 14.1. The van der Waals surface area contributed by atoms with Crippen LogP contribution < -0.4 is 15.5 Å². The van der Waals surface area contributed by atoms with Gasteiger partial charge in [0.25, 0.3) is 6.43 Å². The Bertz CT molecular complexity index is 1310. The molecule has 2 fully saturated rings. The molecule has 1 aliphatic heterocycles. The number of para-hydroxylation sites is 2. The number of ether oxygens (including phenoxy) is 2. The Morgan fingerprint density at radius 2 is 1.82 bits per heavy atom. The van der Waals surface area contributed by atoms with Crippen molar-refractivity contribution < 1.29 is 23.0 Å². The monoisotopic (exact) mass is 557 g/mol. The minimum Gasteiger partial charge on any atom is -0.444 e. The standard InChI is InChI=1S/C28H37F2N7O3/c1-28(2,3)40-27(38)32-19-10-8-18(9-11-19)17-31-22-16-23(35-26(34-22)36-12-14-39-15-13-36)37-21-7-5-4-6-20(21)33-25(37)24(29)30/h4-7,16,18-19,24H,8-15,17H2,1-3H3,(H,32,38)(H,31,34,35)/t18-,19-. The fraction of sp³-hybridized carbons (Fsp3) is 0.571. The first kappa shape index (κ1) is 28.0. The third-order valence-corrected chi connectivity index (χ3v) is 7.15. The molecule has 5 rings (SSSR count). The van der Waals surface area contributed by atoms with E-state index in [2.05, 4.69) is 15.6 Å². The molecule has 1 aromatic carbocycles.